The molecule has 2 aromatic carbocycles. The summed E-state index contributed by atoms with van der Waals surface area (Å²) in [5.41, 5.74) is 8.41. The maximum Gasteiger partial charge on any atom is 0.138 e. The van der Waals surface area contributed by atoms with Crippen molar-refractivity contribution in [1.82, 2.24) is 14.4 Å². The molecule has 0 aliphatic carbocycles. The van der Waals surface area contributed by atoms with Crippen molar-refractivity contribution in [2.24, 2.45) is 12.8 Å². The fourth-order valence-corrected chi connectivity index (χ4v) is 4.90. The third-order valence-corrected chi connectivity index (χ3v) is 6.70. The highest BCUT2D eigenvalue weighted by molar-refractivity contribution is 6.30. The summed E-state index contributed by atoms with van der Waals surface area (Å²) in [7, 11) is 1.96. The molecule has 0 amide bonds. The number of fused-ring (bicyclic) bond motifs is 1. The highest BCUT2D eigenvalue weighted by Gasteiger charge is 2.33. The Balaban J connectivity index is 1.55. The van der Waals surface area contributed by atoms with Crippen molar-refractivity contribution in [2.45, 2.75) is 38.3 Å². The smallest absolute Gasteiger partial charge is 0.138 e. The summed E-state index contributed by atoms with van der Waals surface area (Å²) in [6.07, 6.45) is -2.10. The lowest BCUT2D eigenvalue weighted by Crippen LogP contribution is -2.55. The van der Waals surface area contributed by atoms with Crippen LogP contribution in [0.15, 0.2) is 48.5 Å². The van der Waals surface area contributed by atoms with Crippen LogP contribution < -0.4 is 10.5 Å². The van der Waals surface area contributed by atoms with Crippen molar-refractivity contribution < 1.29 is 14.9 Å². The van der Waals surface area contributed by atoms with Gasteiger partial charge in [-0.2, -0.15) is 0 Å². The predicted molar refractivity (Wildman–Crippen MR) is 136 cm³/mol. The van der Waals surface area contributed by atoms with E-state index in [1.54, 1.807) is 12.1 Å². The van der Waals surface area contributed by atoms with Gasteiger partial charge in [-0.05, 0) is 44.2 Å². The zero-order valence-corrected chi connectivity index (χ0v) is 20.9. The second-order valence-corrected chi connectivity index (χ2v) is 10.3. The summed E-state index contributed by atoms with van der Waals surface area (Å²) in [6.45, 7) is 8.02. The Morgan fingerprint density at radius 3 is 2.32 bits per heavy atom. The minimum atomic E-state index is -1.08. The third-order valence-electron chi connectivity index (χ3n) is 6.45. The first-order valence-corrected chi connectivity index (χ1v) is 12.1. The maximum atomic E-state index is 11.4. The van der Waals surface area contributed by atoms with Gasteiger partial charge in [0, 0.05) is 66.8 Å². The van der Waals surface area contributed by atoms with Gasteiger partial charge >= 0.3 is 0 Å². The molecular weight excluding hydrogens is 452 g/mol. The average Bonchev–Trinajstić information content (AvgIpc) is 3.09. The minimum absolute atomic E-state index is 0.255. The summed E-state index contributed by atoms with van der Waals surface area (Å²) >= 11 is 5.99. The van der Waals surface area contributed by atoms with Gasteiger partial charge in [0.15, 0.2) is 0 Å². The summed E-state index contributed by atoms with van der Waals surface area (Å²) < 4.78 is 8.06. The second-order valence-electron chi connectivity index (χ2n) is 9.84. The Labute approximate surface area is 206 Å². The number of aliphatic hydroxyl groups excluding tert-OH is 2. The topological polar surface area (TPSA) is 87.1 Å². The van der Waals surface area contributed by atoms with Gasteiger partial charge in [0.1, 0.15) is 24.7 Å². The van der Waals surface area contributed by atoms with Gasteiger partial charge in [-0.15, -0.1) is 0 Å². The van der Waals surface area contributed by atoms with Crippen LogP contribution in [0.2, 0.25) is 5.02 Å². The number of rotatable bonds is 8. The quantitative estimate of drug-likeness (QED) is 0.453. The Hall–Kier alpha value is -2.13. The molecule has 0 bridgehead atoms. The van der Waals surface area contributed by atoms with Gasteiger partial charge in [-0.25, -0.2) is 0 Å². The normalized spacial score (nSPS) is 17.7. The van der Waals surface area contributed by atoms with E-state index in [4.69, 9.17) is 22.1 Å². The number of aromatic nitrogens is 1. The number of aryl methyl sites for hydroxylation is 1. The van der Waals surface area contributed by atoms with Crippen LogP contribution in [0.5, 0.6) is 5.75 Å². The molecule has 2 unspecified atom stereocenters. The van der Waals surface area contributed by atoms with Crippen LogP contribution in [-0.2, 0) is 13.7 Å². The average molecular weight is 487 g/mol. The molecule has 0 spiro atoms. The van der Waals surface area contributed by atoms with E-state index >= 15 is 0 Å². The van der Waals surface area contributed by atoms with Crippen LogP contribution in [0.4, 0.5) is 0 Å². The molecule has 34 heavy (non-hydrogen) atoms. The summed E-state index contributed by atoms with van der Waals surface area (Å²) in [6, 6.07) is 15.1. The Kier molecular flexibility index (Phi) is 7.52. The molecule has 0 saturated carbocycles. The molecule has 3 aromatic rings. The molecule has 1 saturated heterocycles. The molecule has 1 aromatic heterocycles. The number of nitrogens with two attached hydrogens (primary N) is 1. The molecule has 2 heterocycles. The highest BCUT2D eigenvalue weighted by atomic mass is 35.5. The van der Waals surface area contributed by atoms with Gasteiger partial charge in [0.2, 0.25) is 0 Å². The molecule has 184 valence electrons. The number of para-hydroxylation sites is 1. The number of halogens is 1. The van der Waals surface area contributed by atoms with E-state index in [-0.39, 0.29) is 12.1 Å². The fourth-order valence-electron chi connectivity index (χ4n) is 4.77. The van der Waals surface area contributed by atoms with Crippen molar-refractivity contribution >= 4 is 22.5 Å². The maximum absolute atomic E-state index is 11.4. The van der Waals surface area contributed by atoms with Crippen molar-refractivity contribution in [3.8, 4) is 5.75 Å². The van der Waals surface area contributed by atoms with Gasteiger partial charge in [0.25, 0.3) is 0 Å². The van der Waals surface area contributed by atoms with E-state index in [9.17, 15) is 10.2 Å². The summed E-state index contributed by atoms with van der Waals surface area (Å²) in [4.78, 5) is 4.25. The van der Waals surface area contributed by atoms with Crippen LogP contribution in [0, 0.1) is 0 Å². The predicted octanol–water partition coefficient (Wildman–Crippen LogP) is 3.12. The molecule has 1 aliphatic heterocycles. The number of hydrogen-bond acceptors (Lipinski definition) is 6. The highest BCUT2D eigenvalue weighted by Crippen LogP contribution is 2.34. The van der Waals surface area contributed by atoms with E-state index in [0.717, 1.165) is 36.2 Å². The Morgan fingerprint density at radius 2 is 1.68 bits per heavy atom. The minimum Gasteiger partial charge on any atom is -0.487 e. The molecule has 1 aliphatic rings. The molecule has 4 rings (SSSR count). The van der Waals surface area contributed by atoms with Crippen LogP contribution in [0.25, 0.3) is 10.9 Å². The number of benzene rings is 2. The molecule has 4 N–H and O–H groups in total. The third kappa shape index (κ3) is 5.57. The molecule has 2 atom stereocenters. The summed E-state index contributed by atoms with van der Waals surface area (Å²) in [5.74, 6) is 0.689. The SMILES string of the molecule is Cn1c(COc2ccc(Cl)cc2)c(C(O)C(O)N2CCN(CC(C)(C)N)CC2)c2ccccc21. The van der Waals surface area contributed by atoms with Crippen molar-refractivity contribution in [1.29, 1.82) is 0 Å². The van der Waals surface area contributed by atoms with Crippen LogP contribution in [0.1, 0.15) is 31.2 Å². The van der Waals surface area contributed by atoms with E-state index in [1.807, 2.05) is 66.8 Å². The zero-order valence-electron chi connectivity index (χ0n) is 20.1. The molecule has 8 heteroatoms. The number of ether oxygens (including phenoxy) is 1. The lowest BCUT2D eigenvalue weighted by atomic mass is 10.0. The van der Waals surface area contributed by atoms with Crippen LogP contribution in [0.3, 0.4) is 0 Å². The van der Waals surface area contributed by atoms with Crippen molar-refractivity contribution in [3.63, 3.8) is 0 Å². The number of aliphatic hydroxyl groups is 2. The van der Waals surface area contributed by atoms with Gasteiger partial charge < -0.3 is 25.3 Å². The van der Waals surface area contributed by atoms with Gasteiger partial charge in [-0.1, -0.05) is 29.8 Å². The zero-order chi connectivity index (χ0) is 24.5. The van der Waals surface area contributed by atoms with E-state index in [0.29, 0.717) is 29.4 Å². The molecule has 1 fully saturated rings. The largest absolute Gasteiger partial charge is 0.487 e. The fraction of sp³-hybridized carbons (Fsp3) is 0.462. The molecule has 0 radical (unpaired) electrons. The van der Waals surface area contributed by atoms with Gasteiger partial charge in [0.05, 0.1) is 5.69 Å². The second kappa shape index (κ2) is 10.2. The molecular formula is C26H35ClN4O3. The first-order chi connectivity index (χ1) is 16.1. The standard InChI is InChI=1S/C26H35ClN4O3/c1-26(2,28)17-30-12-14-31(15-13-30)25(33)24(32)23-20-6-4-5-7-21(20)29(3)22(23)16-34-19-10-8-18(27)9-11-19/h4-11,24-25,32-33H,12-17,28H2,1-3H3. The van der Waals surface area contributed by atoms with Crippen molar-refractivity contribution in [2.75, 3.05) is 32.7 Å². The Morgan fingerprint density at radius 1 is 1.03 bits per heavy atom. The lowest BCUT2D eigenvalue weighted by molar-refractivity contribution is -0.0995. The first-order valence-electron chi connectivity index (χ1n) is 11.7. The van der Waals surface area contributed by atoms with Crippen molar-refractivity contribution in [3.05, 3.63) is 64.8 Å². The van der Waals surface area contributed by atoms with Crippen LogP contribution >= 0.6 is 11.6 Å². The monoisotopic (exact) mass is 486 g/mol. The molecule has 7 nitrogen and oxygen atoms in total. The van der Waals surface area contributed by atoms with Gasteiger partial charge in [-0.3, -0.25) is 9.80 Å². The first kappa shape index (κ1) is 25.0. The van der Waals surface area contributed by atoms with E-state index in [1.165, 1.54) is 0 Å². The Bertz CT molecular complexity index is 1100. The van der Waals surface area contributed by atoms with Crippen LogP contribution in [-0.4, -0.2) is 69.1 Å². The lowest BCUT2D eigenvalue weighted by Gasteiger charge is -2.40. The number of piperazine rings is 1. The number of nitrogens with zero attached hydrogens (tertiary/aromatic N) is 3. The number of hydrogen-bond donors (Lipinski definition) is 3. The summed E-state index contributed by atoms with van der Waals surface area (Å²) in [5, 5.41) is 24.2. The van der Waals surface area contributed by atoms with E-state index < -0.39 is 12.3 Å². The van der Waals surface area contributed by atoms with E-state index in [2.05, 4.69) is 4.90 Å².